The lowest BCUT2D eigenvalue weighted by Gasteiger charge is -2.49. The van der Waals surface area contributed by atoms with E-state index < -0.39 is 23.1 Å². The number of rotatable bonds is 0. The molecule has 1 N–H and O–H groups in total. The highest BCUT2D eigenvalue weighted by molar-refractivity contribution is 4.98. The van der Waals surface area contributed by atoms with Crippen LogP contribution in [0.4, 0.5) is 13.2 Å². The van der Waals surface area contributed by atoms with E-state index in [9.17, 15) is 18.3 Å². The number of hydrogen-bond donors (Lipinski definition) is 1. The van der Waals surface area contributed by atoms with Crippen molar-refractivity contribution in [3.63, 3.8) is 0 Å². The highest BCUT2D eigenvalue weighted by Crippen LogP contribution is 2.58. The Balaban J connectivity index is 2.99. The van der Waals surface area contributed by atoms with Gasteiger partial charge in [-0.15, -0.1) is 0 Å². The molecule has 0 bridgehead atoms. The van der Waals surface area contributed by atoms with E-state index in [0.717, 1.165) is 0 Å². The molecule has 0 unspecified atom stereocenters. The standard InChI is InChI=1S/C11H19F3O/c1-9(2,3)10(11(12,13)14)6-4-8(15)5-7-10/h8,15H,4-7H2,1-3H3. The Hall–Kier alpha value is -0.250. The first-order valence-corrected chi connectivity index (χ1v) is 5.35. The third-order valence-corrected chi connectivity index (χ3v) is 3.79. The summed E-state index contributed by atoms with van der Waals surface area (Å²) in [6.07, 6.45) is -4.12. The second-order valence-corrected chi connectivity index (χ2v) is 5.56. The van der Waals surface area contributed by atoms with Crippen LogP contribution in [0, 0.1) is 10.8 Å². The van der Waals surface area contributed by atoms with Gasteiger partial charge in [-0.1, -0.05) is 20.8 Å². The van der Waals surface area contributed by atoms with Gasteiger partial charge < -0.3 is 5.11 Å². The zero-order valence-electron chi connectivity index (χ0n) is 9.49. The molecule has 1 saturated carbocycles. The number of halogens is 3. The van der Waals surface area contributed by atoms with E-state index in [4.69, 9.17) is 0 Å². The van der Waals surface area contributed by atoms with E-state index in [1.165, 1.54) is 0 Å². The first-order valence-electron chi connectivity index (χ1n) is 5.35. The minimum Gasteiger partial charge on any atom is -0.393 e. The summed E-state index contributed by atoms with van der Waals surface area (Å²) in [5, 5.41) is 9.31. The lowest BCUT2D eigenvalue weighted by atomic mass is 9.58. The summed E-state index contributed by atoms with van der Waals surface area (Å²) in [7, 11) is 0. The van der Waals surface area contributed by atoms with E-state index in [-0.39, 0.29) is 25.7 Å². The molecule has 0 saturated heterocycles. The molecule has 1 nitrogen and oxygen atoms in total. The quantitative estimate of drug-likeness (QED) is 0.667. The molecule has 0 aliphatic heterocycles. The van der Waals surface area contributed by atoms with Crippen LogP contribution in [0.3, 0.4) is 0 Å². The highest BCUT2D eigenvalue weighted by atomic mass is 19.4. The molecule has 0 radical (unpaired) electrons. The van der Waals surface area contributed by atoms with Crippen LogP contribution in [0.5, 0.6) is 0 Å². The summed E-state index contributed by atoms with van der Waals surface area (Å²) in [4.78, 5) is 0. The molecule has 1 aliphatic carbocycles. The molecule has 1 fully saturated rings. The average Bonchev–Trinajstić information content (AvgIpc) is 2.00. The Morgan fingerprint density at radius 1 is 1.07 bits per heavy atom. The molecule has 0 spiro atoms. The van der Waals surface area contributed by atoms with Gasteiger partial charge in [-0.3, -0.25) is 0 Å². The second kappa shape index (κ2) is 3.65. The van der Waals surface area contributed by atoms with Crippen molar-refractivity contribution >= 4 is 0 Å². The average molecular weight is 224 g/mol. The van der Waals surface area contributed by atoms with Gasteiger partial charge in [0.2, 0.25) is 0 Å². The molecule has 90 valence electrons. The van der Waals surface area contributed by atoms with E-state index >= 15 is 0 Å². The predicted octanol–water partition coefficient (Wildman–Crippen LogP) is 3.52. The van der Waals surface area contributed by atoms with Crippen LogP contribution in [0.15, 0.2) is 0 Å². The van der Waals surface area contributed by atoms with E-state index in [0.29, 0.717) is 0 Å². The topological polar surface area (TPSA) is 20.2 Å². The van der Waals surface area contributed by atoms with Crippen LogP contribution in [-0.2, 0) is 0 Å². The number of aliphatic hydroxyl groups excluding tert-OH is 1. The normalized spacial score (nSPS) is 34.2. The minimum atomic E-state index is -4.18. The molecule has 0 aromatic rings. The van der Waals surface area contributed by atoms with Gasteiger partial charge in [0.25, 0.3) is 0 Å². The van der Waals surface area contributed by atoms with Crippen molar-refractivity contribution in [2.45, 2.75) is 58.7 Å². The van der Waals surface area contributed by atoms with Gasteiger partial charge in [0.1, 0.15) is 0 Å². The Morgan fingerprint density at radius 3 is 1.73 bits per heavy atom. The Kier molecular flexibility index (Phi) is 3.12. The van der Waals surface area contributed by atoms with Crippen molar-refractivity contribution in [2.75, 3.05) is 0 Å². The van der Waals surface area contributed by atoms with Gasteiger partial charge in [0.05, 0.1) is 11.5 Å². The maximum absolute atomic E-state index is 13.1. The Bertz CT molecular complexity index is 203. The summed E-state index contributed by atoms with van der Waals surface area (Å²) in [6, 6.07) is 0. The van der Waals surface area contributed by atoms with Gasteiger partial charge in [-0.25, -0.2) is 0 Å². The first kappa shape index (κ1) is 12.8. The van der Waals surface area contributed by atoms with Gasteiger partial charge in [0.15, 0.2) is 0 Å². The fourth-order valence-electron chi connectivity index (χ4n) is 2.55. The van der Waals surface area contributed by atoms with Crippen LogP contribution in [0.25, 0.3) is 0 Å². The van der Waals surface area contributed by atoms with Crippen molar-refractivity contribution in [1.29, 1.82) is 0 Å². The van der Waals surface area contributed by atoms with Crippen LogP contribution >= 0.6 is 0 Å². The molecule has 1 aliphatic rings. The lowest BCUT2D eigenvalue weighted by Crippen LogP contribution is -2.50. The van der Waals surface area contributed by atoms with Gasteiger partial charge >= 0.3 is 6.18 Å². The van der Waals surface area contributed by atoms with Crippen LogP contribution < -0.4 is 0 Å². The Morgan fingerprint density at radius 2 is 1.47 bits per heavy atom. The van der Waals surface area contributed by atoms with Crippen molar-refractivity contribution in [2.24, 2.45) is 10.8 Å². The van der Waals surface area contributed by atoms with Crippen LogP contribution in [0.2, 0.25) is 0 Å². The molecule has 0 aromatic carbocycles. The summed E-state index contributed by atoms with van der Waals surface area (Å²) in [5.41, 5.74) is -2.43. The van der Waals surface area contributed by atoms with Crippen molar-refractivity contribution in [3.05, 3.63) is 0 Å². The van der Waals surface area contributed by atoms with E-state index in [1.54, 1.807) is 20.8 Å². The zero-order chi connectivity index (χ0) is 11.9. The summed E-state index contributed by atoms with van der Waals surface area (Å²) >= 11 is 0. The monoisotopic (exact) mass is 224 g/mol. The van der Waals surface area contributed by atoms with Crippen molar-refractivity contribution < 1.29 is 18.3 Å². The second-order valence-electron chi connectivity index (χ2n) is 5.56. The van der Waals surface area contributed by atoms with Crippen molar-refractivity contribution in [3.8, 4) is 0 Å². The smallest absolute Gasteiger partial charge is 0.393 e. The summed E-state index contributed by atoms with van der Waals surface area (Å²) in [6.45, 7) is 4.91. The van der Waals surface area contributed by atoms with E-state index in [1.807, 2.05) is 0 Å². The van der Waals surface area contributed by atoms with Gasteiger partial charge in [-0.2, -0.15) is 13.2 Å². The fraction of sp³-hybridized carbons (Fsp3) is 1.00. The maximum Gasteiger partial charge on any atom is 0.395 e. The third kappa shape index (κ3) is 2.14. The third-order valence-electron chi connectivity index (χ3n) is 3.79. The molecule has 1 rings (SSSR count). The van der Waals surface area contributed by atoms with Crippen molar-refractivity contribution in [1.82, 2.24) is 0 Å². The molecular formula is C11H19F3O. The fourth-order valence-corrected chi connectivity index (χ4v) is 2.55. The number of aliphatic hydroxyl groups is 1. The summed E-state index contributed by atoms with van der Waals surface area (Å²) < 4.78 is 39.4. The highest BCUT2D eigenvalue weighted by Gasteiger charge is 2.61. The van der Waals surface area contributed by atoms with E-state index in [2.05, 4.69) is 0 Å². The molecule has 0 atom stereocenters. The first-order chi connectivity index (χ1) is 6.60. The minimum absolute atomic E-state index is 0.0428. The Labute approximate surface area is 88.7 Å². The predicted molar refractivity (Wildman–Crippen MR) is 52.4 cm³/mol. The van der Waals surface area contributed by atoms with Gasteiger partial charge in [-0.05, 0) is 31.1 Å². The molecule has 0 aromatic heterocycles. The molecular weight excluding hydrogens is 205 g/mol. The SMILES string of the molecule is CC(C)(C)C1(C(F)(F)F)CCC(O)CC1. The molecule has 4 heteroatoms. The summed E-state index contributed by atoms with van der Waals surface area (Å²) in [5.74, 6) is 0. The van der Waals surface area contributed by atoms with Crippen LogP contribution in [0.1, 0.15) is 46.5 Å². The molecule has 15 heavy (non-hydrogen) atoms. The molecule has 0 amide bonds. The number of alkyl halides is 3. The zero-order valence-corrected chi connectivity index (χ0v) is 9.49. The largest absolute Gasteiger partial charge is 0.395 e. The molecule has 0 heterocycles. The van der Waals surface area contributed by atoms with Gasteiger partial charge in [0, 0.05) is 0 Å². The number of hydrogen-bond acceptors (Lipinski definition) is 1. The maximum atomic E-state index is 13.1. The van der Waals surface area contributed by atoms with Crippen LogP contribution in [-0.4, -0.2) is 17.4 Å². The lowest BCUT2D eigenvalue weighted by molar-refractivity contribution is -0.273.